The molecule has 0 unspecified atom stereocenters. The lowest BCUT2D eigenvalue weighted by Crippen LogP contribution is -2.35. The molecule has 1 N–H and O–H groups in total. The first-order chi connectivity index (χ1) is 7.38. The van der Waals surface area contributed by atoms with Gasteiger partial charge in [-0.3, -0.25) is 0 Å². The SMILES string of the molecule is C#CCNCCN(CC1CC1)CC1CC1. The van der Waals surface area contributed by atoms with E-state index in [4.69, 9.17) is 6.42 Å². The van der Waals surface area contributed by atoms with Crippen molar-refractivity contribution in [3.8, 4) is 12.3 Å². The van der Waals surface area contributed by atoms with Crippen LogP contribution in [-0.4, -0.2) is 37.6 Å². The number of terminal acetylenes is 1. The van der Waals surface area contributed by atoms with Crippen LogP contribution in [0.2, 0.25) is 0 Å². The Labute approximate surface area is 93.4 Å². The van der Waals surface area contributed by atoms with Gasteiger partial charge in [0.05, 0.1) is 6.54 Å². The zero-order valence-electron chi connectivity index (χ0n) is 9.54. The van der Waals surface area contributed by atoms with Crippen LogP contribution >= 0.6 is 0 Å². The largest absolute Gasteiger partial charge is 0.305 e. The summed E-state index contributed by atoms with van der Waals surface area (Å²) in [4.78, 5) is 2.64. The first kappa shape index (κ1) is 11.0. The highest BCUT2D eigenvalue weighted by molar-refractivity contribution is 4.87. The molecule has 0 heterocycles. The molecular formula is C13H22N2. The van der Waals surface area contributed by atoms with E-state index in [2.05, 4.69) is 16.1 Å². The van der Waals surface area contributed by atoms with Gasteiger partial charge < -0.3 is 10.2 Å². The van der Waals surface area contributed by atoms with Gasteiger partial charge in [-0.15, -0.1) is 6.42 Å². The molecule has 84 valence electrons. The summed E-state index contributed by atoms with van der Waals surface area (Å²) in [7, 11) is 0. The molecule has 2 rings (SSSR count). The second-order valence-corrected chi connectivity index (χ2v) is 5.03. The van der Waals surface area contributed by atoms with Crippen LogP contribution in [-0.2, 0) is 0 Å². The van der Waals surface area contributed by atoms with Gasteiger partial charge in [0.25, 0.3) is 0 Å². The lowest BCUT2D eigenvalue weighted by atomic mass is 10.3. The van der Waals surface area contributed by atoms with Crippen molar-refractivity contribution in [2.75, 3.05) is 32.7 Å². The topological polar surface area (TPSA) is 15.3 Å². The van der Waals surface area contributed by atoms with Gasteiger partial charge in [-0.1, -0.05) is 5.92 Å². The maximum Gasteiger partial charge on any atom is 0.0574 e. The first-order valence-corrected chi connectivity index (χ1v) is 6.25. The molecule has 0 aromatic heterocycles. The maximum absolute atomic E-state index is 5.20. The molecule has 0 aromatic carbocycles. The van der Waals surface area contributed by atoms with Crippen LogP contribution in [0.5, 0.6) is 0 Å². The van der Waals surface area contributed by atoms with Gasteiger partial charge in [0.15, 0.2) is 0 Å². The van der Waals surface area contributed by atoms with Crippen molar-refractivity contribution in [3.63, 3.8) is 0 Å². The smallest absolute Gasteiger partial charge is 0.0574 e. The lowest BCUT2D eigenvalue weighted by Gasteiger charge is -2.21. The Bertz CT molecular complexity index is 209. The Kier molecular flexibility index (Phi) is 4.05. The minimum atomic E-state index is 0.709. The number of nitrogens with one attached hydrogen (secondary N) is 1. The van der Waals surface area contributed by atoms with Gasteiger partial charge in [0.2, 0.25) is 0 Å². The summed E-state index contributed by atoms with van der Waals surface area (Å²) in [6, 6.07) is 0. The summed E-state index contributed by atoms with van der Waals surface area (Å²) in [5.41, 5.74) is 0. The van der Waals surface area contributed by atoms with E-state index in [1.807, 2.05) is 0 Å². The van der Waals surface area contributed by atoms with Crippen molar-refractivity contribution in [2.24, 2.45) is 11.8 Å². The first-order valence-electron chi connectivity index (χ1n) is 6.25. The molecule has 0 amide bonds. The van der Waals surface area contributed by atoms with Gasteiger partial charge in [0.1, 0.15) is 0 Å². The normalized spacial score (nSPS) is 20.5. The molecule has 2 saturated carbocycles. The van der Waals surface area contributed by atoms with E-state index in [1.54, 1.807) is 0 Å². The predicted octanol–water partition coefficient (Wildman–Crippen LogP) is 1.33. The van der Waals surface area contributed by atoms with Crippen LogP contribution in [0.3, 0.4) is 0 Å². The van der Waals surface area contributed by atoms with E-state index in [0.717, 1.165) is 18.4 Å². The highest BCUT2D eigenvalue weighted by Crippen LogP contribution is 2.33. The van der Waals surface area contributed by atoms with Crippen molar-refractivity contribution < 1.29 is 0 Å². The number of hydrogen-bond acceptors (Lipinski definition) is 2. The molecule has 0 spiro atoms. The van der Waals surface area contributed by atoms with Crippen molar-refractivity contribution in [2.45, 2.75) is 25.7 Å². The Hall–Kier alpha value is -0.520. The molecule has 2 nitrogen and oxygen atoms in total. The molecule has 0 radical (unpaired) electrons. The van der Waals surface area contributed by atoms with Gasteiger partial charge in [-0.2, -0.15) is 0 Å². The third kappa shape index (κ3) is 4.68. The van der Waals surface area contributed by atoms with E-state index in [9.17, 15) is 0 Å². The fourth-order valence-corrected chi connectivity index (χ4v) is 1.99. The molecule has 15 heavy (non-hydrogen) atoms. The number of hydrogen-bond donors (Lipinski definition) is 1. The minimum absolute atomic E-state index is 0.709. The Morgan fingerprint density at radius 2 is 1.73 bits per heavy atom. The second-order valence-electron chi connectivity index (χ2n) is 5.03. The maximum atomic E-state index is 5.20. The fourth-order valence-electron chi connectivity index (χ4n) is 1.99. The molecule has 0 aliphatic heterocycles. The van der Waals surface area contributed by atoms with Crippen molar-refractivity contribution >= 4 is 0 Å². The standard InChI is InChI=1S/C13H22N2/c1-2-7-14-8-9-15(10-12-3-4-12)11-13-5-6-13/h1,12-14H,3-11H2. The van der Waals surface area contributed by atoms with Crippen LogP contribution < -0.4 is 5.32 Å². The molecule has 2 heteroatoms. The molecule has 0 saturated heterocycles. The predicted molar refractivity (Wildman–Crippen MR) is 63.6 cm³/mol. The zero-order chi connectivity index (χ0) is 10.5. The van der Waals surface area contributed by atoms with E-state index in [1.165, 1.54) is 45.3 Å². The average molecular weight is 206 g/mol. The Morgan fingerprint density at radius 1 is 1.13 bits per heavy atom. The third-order valence-corrected chi connectivity index (χ3v) is 3.26. The van der Waals surface area contributed by atoms with Gasteiger partial charge in [-0.05, 0) is 37.5 Å². The molecule has 0 bridgehead atoms. The monoisotopic (exact) mass is 206 g/mol. The molecule has 2 aliphatic carbocycles. The van der Waals surface area contributed by atoms with E-state index < -0.39 is 0 Å². The summed E-state index contributed by atoms with van der Waals surface area (Å²) in [5.74, 6) is 4.64. The average Bonchev–Trinajstić information content (AvgIpc) is 3.07. The van der Waals surface area contributed by atoms with Crippen molar-refractivity contribution in [1.82, 2.24) is 10.2 Å². The van der Waals surface area contributed by atoms with Gasteiger partial charge in [-0.25, -0.2) is 0 Å². The van der Waals surface area contributed by atoms with Crippen LogP contribution in [0.4, 0.5) is 0 Å². The Morgan fingerprint density at radius 3 is 2.20 bits per heavy atom. The summed E-state index contributed by atoms with van der Waals surface area (Å²) in [5, 5.41) is 3.28. The van der Waals surface area contributed by atoms with Crippen LogP contribution in [0, 0.1) is 24.2 Å². The summed E-state index contributed by atoms with van der Waals surface area (Å²) < 4.78 is 0. The quantitative estimate of drug-likeness (QED) is 0.476. The number of nitrogens with zero attached hydrogens (tertiary/aromatic N) is 1. The molecule has 0 aromatic rings. The highest BCUT2D eigenvalue weighted by Gasteiger charge is 2.28. The fraction of sp³-hybridized carbons (Fsp3) is 0.846. The summed E-state index contributed by atoms with van der Waals surface area (Å²) in [6.07, 6.45) is 11.0. The van der Waals surface area contributed by atoms with Gasteiger partial charge >= 0.3 is 0 Å². The number of rotatable bonds is 8. The van der Waals surface area contributed by atoms with Crippen molar-refractivity contribution in [1.29, 1.82) is 0 Å². The minimum Gasteiger partial charge on any atom is -0.305 e. The van der Waals surface area contributed by atoms with E-state index in [0.29, 0.717) is 6.54 Å². The van der Waals surface area contributed by atoms with Gasteiger partial charge in [0, 0.05) is 26.2 Å². The third-order valence-electron chi connectivity index (χ3n) is 3.26. The summed E-state index contributed by atoms with van der Waals surface area (Å²) >= 11 is 0. The van der Waals surface area contributed by atoms with Crippen LogP contribution in [0.15, 0.2) is 0 Å². The second kappa shape index (κ2) is 5.53. The lowest BCUT2D eigenvalue weighted by molar-refractivity contribution is 0.253. The van der Waals surface area contributed by atoms with Crippen LogP contribution in [0.25, 0.3) is 0 Å². The van der Waals surface area contributed by atoms with E-state index >= 15 is 0 Å². The molecule has 2 fully saturated rings. The molecule has 0 atom stereocenters. The molecule has 2 aliphatic rings. The van der Waals surface area contributed by atoms with Crippen molar-refractivity contribution in [3.05, 3.63) is 0 Å². The molecular weight excluding hydrogens is 184 g/mol. The zero-order valence-corrected chi connectivity index (χ0v) is 9.54. The Balaban J connectivity index is 1.59. The van der Waals surface area contributed by atoms with E-state index in [-0.39, 0.29) is 0 Å². The van der Waals surface area contributed by atoms with Crippen LogP contribution in [0.1, 0.15) is 25.7 Å². The summed E-state index contributed by atoms with van der Waals surface area (Å²) in [6.45, 7) is 5.58. The highest BCUT2D eigenvalue weighted by atomic mass is 15.1.